The van der Waals surface area contributed by atoms with Crippen molar-refractivity contribution in [1.29, 1.82) is 0 Å². The van der Waals surface area contributed by atoms with Gasteiger partial charge in [0.25, 0.3) is 0 Å². The molecule has 0 N–H and O–H groups in total. The number of hydrogen-bond acceptors (Lipinski definition) is 0. The van der Waals surface area contributed by atoms with E-state index in [1.54, 1.807) is 11.1 Å². The van der Waals surface area contributed by atoms with Crippen LogP contribution in [-0.4, -0.2) is 0 Å². The van der Waals surface area contributed by atoms with Crippen LogP contribution in [-0.2, 0) is 0 Å². The summed E-state index contributed by atoms with van der Waals surface area (Å²) in [5.41, 5.74) is 5.99. The molecule has 0 saturated carbocycles. The molecule has 0 atom stereocenters. The Hall–Kier alpha value is -1.04. The highest BCUT2D eigenvalue weighted by molar-refractivity contribution is 5.32. The van der Waals surface area contributed by atoms with Gasteiger partial charge in [-0.3, -0.25) is 0 Å². The average Bonchev–Trinajstić information content (AvgIpc) is 2.29. The minimum Gasteiger partial charge on any atom is -0.0991 e. The zero-order valence-electron chi connectivity index (χ0n) is 12.3. The minimum atomic E-state index is 1.09. The molecule has 0 bridgehead atoms. The second-order valence-electron chi connectivity index (χ2n) is 4.78. The molecule has 0 aromatic carbocycles. The molecule has 0 spiro atoms. The summed E-state index contributed by atoms with van der Waals surface area (Å²) < 4.78 is 0. The molecule has 0 amide bonds. The van der Waals surface area contributed by atoms with Gasteiger partial charge in [-0.2, -0.15) is 0 Å². The van der Waals surface area contributed by atoms with Crippen molar-refractivity contribution in [1.82, 2.24) is 0 Å². The van der Waals surface area contributed by atoms with Gasteiger partial charge in [0.1, 0.15) is 0 Å². The lowest BCUT2D eigenvalue weighted by Crippen LogP contribution is -1.92. The van der Waals surface area contributed by atoms with Crippen LogP contribution >= 0.6 is 0 Å². The summed E-state index contributed by atoms with van der Waals surface area (Å²) in [6.07, 6.45) is 10.8. The molecule has 0 aliphatic rings. The summed E-state index contributed by atoms with van der Waals surface area (Å²) in [5, 5.41) is 0. The third-order valence-electron chi connectivity index (χ3n) is 3.13. The van der Waals surface area contributed by atoms with E-state index in [0.717, 1.165) is 12.8 Å². The quantitative estimate of drug-likeness (QED) is 0.374. The first-order valence-corrected chi connectivity index (χ1v) is 6.69. The molecule has 0 radical (unpaired) electrons. The third kappa shape index (κ3) is 6.31. The number of hydrogen-bond donors (Lipinski definition) is 0. The second-order valence-corrected chi connectivity index (χ2v) is 4.78. The topological polar surface area (TPSA) is 0 Å². The maximum absolute atomic E-state index is 3.73. The minimum absolute atomic E-state index is 1.09. The molecule has 0 heteroatoms. The van der Waals surface area contributed by atoms with E-state index in [4.69, 9.17) is 0 Å². The Morgan fingerprint density at radius 3 is 2.18 bits per heavy atom. The summed E-state index contributed by atoms with van der Waals surface area (Å²) in [5.74, 6) is 0. The van der Waals surface area contributed by atoms with E-state index in [2.05, 4.69) is 47.3 Å². The van der Waals surface area contributed by atoms with Gasteiger partial charge in [-0.05, 0) is 45.6 Å². The number of rotatable bonds is 7. The van der Waals surface area contributed by atoms with Gasteiger partial charge in [0.05, 0.1) is 0 Å². The molecule has 0 aliphatic carbocycles. The maximum Gasteiger partial charge on any atom is -0.00653 e. The molecule has 96 valence electrons. The van der Waals surface area contributed by atoms with Crippen molar-refractivity contribution in [2.24, 2.45) is 0 Å². The SMILES string of the molecule is C=C/C=C\C(C/C(CC)=C(\C)CCC)=C(C)C. The van der Waals surface area contributed by atoms with Crippen LogP contribution in [0.3, 0.4) is 0 Å². The highest BCUT2D eigenvalue weighted by atomic mass is 14.1. The maximum atomic E-state index is 3.73. The van der Waals surface area contributed by atoms with Crippen molar-refractivity contribution in [2.45, 2.75) is 60.3 Å². The summed E-state index contributed by atoms with van der Waals surface area (Å²) in [6, 6.07) is 0. The van der Waals surface area contributed by atoms with Crippen LogP contribution in [0, 0.1) is 0 Å². The summed E-state index contributed by atoms with van der Waals surface area (Å²) in [7, 11) is 0. The fraction of sp³-hybridized carbons (Fsp3) is 0.529. The summed E-state index contributed by atoms with van der Waals surface area (Å²) in [6.45, 7) is 14.9. The van der Waals surface area contributed by atoms with E-state index in [1.807, 2.05) is 12.2 Å². The van der Waals surface area contributed by atoms with Gasteiger partial charge < -0.3 is 0 Å². The Labute approximate surface area is 108 Å². The standard InChI is InChI=1S/C17H28/c1-7-10-12-17(14(4)5)13-16(9-3)15(6)11-8-2/h7,10,12H,1,8-9,11,13H2,2-6H3/b12-10-,16-15+. The lowest BCUT2D eigenvalue weighted by Gasteiger charge is -2.12. The van der Waals surface area contributed by atoms with Crippen LogP contribution in [0.5, 0.6) is 0 Å². The molecule has 0 aromatic rings. The highest BCUT2D eigenvalue weighted by Gasteiger charge is 2.04. The van der Waals surface area contributed by atoms with Crippen LogP contribution in [0.1, 0.15) is 60.3 Å². The molecule has 0 nitrogen and oxygen atoms in total. The van der Waals surface area contributed by atoms with Crippen LogP contribution in [0.4, 0.5) is 0 Å². The zero-order chi connectivity index (χ0) is 13.3. The monoisotopic (exact) mass is 232 g/mol. The van der Waals surface area contributed by atoms with Crippen molar-refractivity contribution in [2.75, 3.05) is 0 Å². The first kappa shape index (κ1) is 16.0. The van der Waals surface area contributed by atoms with Crippen molar-refractivity contribution >= 4 is 0 Å². The van der Waals surface area contributed by atoms with Crippen molar-refractivity contribution in [3.63, 3.8) is 0 Å². The van der Waals surface area contributed by atoms with E-state index in [0.29, 0.717) is 0 Å². The van der Waals surface area contributed by atoms with Gasteiger partial charge in [-0.25, -0.2) is 0 Å². The molecule has 0 saturated heterocycles. The summed E-state index contributed by atoms with van der Waals surface area (Å²) in [4.78, 5) is 0. The van der Waals surface area contributed by atoms with Crippen molar-refractivity contribution in [3.05, 3.63) is 47.1 Å². The van der Waals surface area contributed by atoms with Crippen LogP contribution in [0.25, 0.3) is 0 Å². The first-order valence-electron chi connectivity index (χ1n) is 6.69. The van der Waals surface area contributed by atoms with E-state index in [1.165, 1.54) is 24.0 Å². The van der Waals surface area contributed by atoms with Gasteiger partial charge in [-0.15, -0.1) is 0 Å². The Morgan fingerprint density at radius 2 is 1.76 bits per heavy atom. The third-order valence-corrected chi connectivity index (χ3v) is 3.13. The normalized spacial score (nSPS) is 12.5. The van der Waals surface area contributed by atoms with E-state index < -0.39 is 0 Å². The molecule has 0 unspecified atom stereocenters. The van der Waals surface area contributed by atoms with Gasteiger partial charge in [-0.1, -0.05) is 61.8 Å². The average molecular weight is 232 g/mol. The summed E-state index contributed by atoms with van der Waals surface area (Å²) >= 11 is 0. The lowest BCUT2D eigenvalue weighted by molar-refractivity contribution is 0.853. The molecular weight excluding hydrogens is 204 g/mol. The van der Waals surface area contributed by atoms with Gasteiger partial charge in [0, 0.05) is 0 Å². The molecule has 0 rings (SSSR count). The van der Waals surface area contributed by atoms with Crippen LogP contribution in [0.15, 0.2) is 47.1 Å². The fourth-order valence-corrected chi connectivity index (χ4v) is 1.95. The predicted octanol–water partition coefficient (Wildman–Crippen LogP) is 5.98. The molecule has 17 heavy (non-hydrogen) atoms. The smallest absolute Gasteiger partial charge is 0.00653 e. The van der Waals surface area contributed by atoms with E-state index in [-0.39, 0.29) is 0 Å². The zero-order valence-corrected chi connectivity index (χ0v) is 12.3. The van der Waals surface area contributed by atoms with Crippen LogP contribution < -0.4 is 0 Å². The molecule has 0 aliphatic heterocycles. The molecule has 0 fully saturated rings. The van der Waals surface area contributed by atoms with Crippen molar-refractivity contribution < 1.29 is 0 Å². The molecule has 0 aromatic heterocycles. The molecular formula is C17H28. The van der Waals surface area contributed by atoms with Gasteiger partial charge in [0.15, 0.2) is 0 Å². The van der Waals surface area contributed by atoms with Gasteiger partial charge >= 0.3 is 0 Å². The Kier molecular flexibility index (Phi) is 8.49. The van der Waals surface area contributed by atoms with E-state index in [9.17, 15) is 0 Å². The fourth-order valence-electron chi connectivity index (χ4n) is 1.95. The Bertz CT molecular complexity index is 320. The number of allylic oxidation sites excluding steroid dienone is 7. The lowest BCUT2D eigenvalue weighted by atomic mass is 9.94. The van der Waals surface area contributed by atoms with Crippen LogP contribution in [0.2, 0.25) is 0 Å². The first-order chi connectivity index (χ1) is 8.06. The Balaban J connectivity index is 4.97. The highest BCUT2D eigenvalue weighted by Crippen LogP contribution is 2.23. The van der Waals surface area contributed by atoms with Crippen molar-refractivity contribution in [3.8, 4) is 0 Å². The van der Waals surface area contributed by atoms with E-state index >= 15 is 0 Å². The Morgan fingerprint density at radius 1 is 1.12 bits per heavy atom. The predicted molar refractivity (Wildman–Crippen MR) is 80.2 cm³/mol. The molecule has 0 heterocycles. The largest absolute Gasteiger partial charge is 0.0991 e. The second kappa shape index (κ2) is 9.04. The van der Waals surface area contributed by atoms with Gasteiger partial charge in [0.2, 0.25) is 0 Å².